The minimum absolute atomic E-state index is 0.192. The van der Waals surface area contributed by atoms with Crippen LogP contribution in [0.2, 0.25) is 10.0 Å². The fourth-order valence-electron chi connectivity index (χ4n) is 1.86. The van der Waals surface area contributed by atoms with Gasteiger partial charge in [0, 0.05) is 5.69 Å². The van der Waals surface area contributed by atoms with Crippen LogP contribution in [0.5, 0.6) is 0 Å². The largest absolute Gasteiger partial charge is 0.399 e. The molecule has 1 saturated heterocycles. The number of hydrogen-bond donors (Lipinski definition) is 2. The van der Waals surface area contributed by atoms with Gasteiger partial charge in [0.25, 0.3) is 5.91 Å². The zero-order chi connectivity index (χ0) is 12.8. The molecule has 0 unspecified atom stereocenters. The fraction of sp³-hybridized carbons (Fsp3) is 0.364. The van der Waals surface area contributed by atoms with E-state index >= 15 is 0 Å². The maximum absolute atomic E-state index is 12.1. The summed E-state index contributed by atoms with van der Waals surface area (Å²) in [5.74, 6) is -0.268. The van der Waals surface area contributed by atoms with Crippen LogP contribution in [0.1, 0.15) is 17.3 Å². The predicted octanol–water partition coefficient (Wildman–Crippen LogP) is 1.78. The predicted molar refractivity (Wildman–Crippen MR) is 67.4 cm³/mol. The molecule has 0 aromatic heterocycles. The molecule has 0 bridgehead atoms. The molecule has 2 rings (SSSR count). The highest BCUT2D eigenvalue weighted by atomic mass is 35.5. The van der Waals surface area contributed by atoms with Crippen molar-refractivity contribution in [2.45, 2.75) is 12.5 Å². The summed E-state index contributed by atoms with van der Waals surface area (Å²) in [7, 11) is 0. The topological polar surface area (TPSA) is 66.6 Å². The van der Waals surface area contributed by atoms with Crippen molar-refractivity contribution in [2.24, 2.45) is 0 Å². The fourth-order valence-corrected chi connectivity index (χ4v) is 2.27. The first-order valence-electron chi connectivity index (χ1n) is 5.06. The summed E-state index contributed by atoms with van der Waals surface area (Å²) in [6, 6.07) is 2.98. The highest BCUT2D eigenvalue weighted by Gasteiger charge is 2.40. The molecule has 1 amide bonds. The van der Waals surface area contributed by atoms with Gasteiger partial charge in [0.15, 0.2) is 0 Å². The van der Waals surface area contributed by atoms with Crippen molar-refractivity contribution >= 4 is 34.8 Å². The lowest BCUT2D eigenvalue weighted by atomic mass is 9.96. The summed E-state index contributed by atoms with van der Waals surface area (Å²) >= 11 is 11.8. The number of aliphatic hydroxyl groups is 1. The first kappa shape index (κ1) is 12.5. The average molecular weight is 275 g/mol. The molecule has 17 heavy (non-hydrogen) atoms. The van der Waals surface area contributed by atoms with Crippen LogP contribution >= 0.6 is 23.2 Å². The molecular weight excluding hydrogens is 263 g/mol. The lowest BCUT2D eigenvalue weighted by Gasteiger charge is -2.44. The summed E-state index contributed by atoms with van der Waals surface area (Å²) in [4.78, 5) is 13.6. The number of likely N-dealkylation sites (tertiary alicyclic amines) is 1. The molecule has 1 aromatic rings. The van der Waals surface area contributed by atoms with Gasteiger partial charge in [0.2, 0.25) is 0 Å². The van der Waals surface area contributed by atoms with Crippen LogP contribution in [0.15, 0.2) is 12.1 Å². The standard InChI is InChI=1S/C11H12Cl2N2O2/c1-11(17)4-15(5-11)10(16)7-2-6(14)3-8(12)9(7)13/h2-3,17H,4-5,14H2,1H3. The lowest BCUT2D eigenvalue weighted by Crippen LogP contribution is -2.61. The molecule has 3 N–H and O–H groups in total. The van der Waals surface area contributed by atoms with E-state index < -0.39 is 5.60 Å². The number of carbonyl (C=O) groups is 1. The highest BCUT2D eigenvalue weighted by Crippen LogP contribution is 2.31. The Morgan fingerprint density at radius 3 is 2.59 bits per heavy atom. The van der Waals surface area contributed by atoms with E-state index in [1.54, 1.807) is 6.92 Å². The van der Waals surface area contributed by atoms with Crippen LogP contribution in [-0.4, -0.2) is 34.6 Å². The maximum Gasteiger partial charge on any atom is 0.255 e. The quantitative estimate of drug-likeness (QED) is 0.768. The Labute approximate surface area is 109 Å². The van der Waals surface area contributed by atoms with Crippen LogP contribution in [-0.2, 0) is 0 Å². The highest BCUT2D eigenvalue weighted by molar-refractivity contribution is 6.44. The van der Waals surface area contributed by atoms with Crippen LogP contribution in [0.3, 0.4) is 0 Å². The second-order valence-electron chi connectivity index (χ2n) is 4.52. The van der Waals surface area contributed by atoms with Gasteiger partial charge in [-0.05, 0) is 19.1 Å². The summed E-state index contributed by atoms with van der Waals surface area (Å²) in [5.41, 5.74) is 5.46. The number of hydrogen-bond acceptors (Lipinski definition) is 3. The van der Waals surface area contributed by atoms with E-state index in [0.29, 0.717) is 5.69 Å². The number of nitrogen functional groups attached to an aromatic ring is 1. The molecule has 1 heterocycles. The monoisotopic (exact) mass is 274 g/mol. The third-order valence-corrected chi connectivity index (χ3v) is 3.43. The molecule has 1 aromatic carbocycles. The van der Waals surface area contributed by atoms with Crippen molar-refractivity contribution in [1.29, 1.82) is 0 Å². The van der Waals surface area contributed by atoms with E-state index in [0.717, 1.165) is 0 Å². The molecule has 0 saturated carbocycles. The zero-order valence-corrected chi connectivity index (χ0v) is 10.7. The number of rotatable bonds is 1. The van der Waals surface area contributed by atoms with Crippen molar-refractivity contribution in [3.8, 4) is 0 Å². The van der Waals surface area contributed by atoms with Gasteiger partial charge < -0.3 is 15.7 Å². The van der Waals surface area contributed by atoms with Crippen molar-refractivity contribution in [3.05, 3.63) is 27.7 Å². The van der Waals surface area contributed by atoms with Gasteiger partial charge in [0.05, 0.1) is 34.3 Å². The van der Waals surface area contributed by atoms with Gasteiger partial charge in [-0.15, -0.1) is 0 Å². The Hall–Kier alpha value is -0.970. The van der Waals surface area contributed by atoms with Crippen molar-refractivity contribution in [3.63, 3.8) is 0 Å². The molecule has 92 valence electrons. The van der Waals surface area contributed by atoms with E-state index in [1.807, 2.05) is 0 Å². The van der Waals surface area contributed by atoms with E-state index in [4.69, 9.17) is 28.9 Å². The molecule has 1 aliphatic heterocycles. The van der Waals surface area contributed by atoms with Gasteiger partial charge in [-0.3, -0.25) is 4.79 Å². The summed E-state index contributed by atoms with van der Waals surface area (Å²) in [6.07, 6.45) is 0. The first-order valence-corrected chi connectivity index (χ1v) is 5.82. The van der Waals surface area contributed by atoms with Crippen LogP contribution in [0, 0.1) is 0 Å². The third-order valence-electron chi connectivity index (χ3n) is 2.63. The van der Waals surface area contributed by atoms with Crippen molar-refractivity contribution in [1.82, 2.24) is 4.90 Å². The zero-order valence-electron chi connectivity index (χ0n) is 9.20. The number of nitrogens with zero attached hydrogens (tertiary/aromatic N) is 1. The van der Waals surface area contributed by atoms with E-state index in [1.165, 1.54) is 17.0 Å². The Kier molecular flexibility index (Phi) is 2.97. The molecule has 0 radical (unpaired) electrons. The molecular formula is C11H12Cl2N2O2. The number of nitrogens with two attached hydrogens (primary N) is 1. The minimum Gasteiger partial charge on any atom is -0.399 e. The van der Waals surface area contributed by atoms with E-state index in [9.17, 15) is 9.90 Å². The first-order chi connectivity index (χ1) is 7.80. The van der Waals surface area contributed by atoms with E-state index in [-0.39, 0.29) is 34.6 Å². The second-order valence-corrected chi connectivity index (χ2v) is 5.31. The number of halogens is 2. The molecule has 4 nitrogen and oxygen atoms in total. The van der Waals surface area contributed by atoms with Gasteiger partial charge in [-0.2, -0.15) is 0 Å². The van der Waals surface area contributed by atoms with Gasteiger partial charge >= 0.3 is 0 Å². The maximum atomic E-state index is 12.1. The average Bonchev–Trinajstić information content (AvgIpc) is 2.18. The van der Waals surface area contributed by atoms with Gasteiger partial charge in [-0.25, -0.2) is 0 Å². The Bertz CT molecular complexity index is 481. The smallest absolute Gasteiger partial charge is 0.255 e. The summed E-state index contributed by atoms with van der Waals surface area (Å²) < 4.78 is 0. The van der Waals surface area contributed by atoms with Crippen LogP contribution in [0.25, 0.3) is 0 Å². The van der Waals surface area contributed by atoms with Crippen molar-refractivity contribution in [2.75, 3.05) is 18.8 Å². The lowest BCUT2D eigenvalue weighted by molar-refractivity contribution is -0.0668. The number of carbonyl (C=O) groups excluding carboxylic acids is 1. The Balaban J connectivity index is 2.26. The number of anilines is 1. The molecule has 1 aliphatic rings. The molecule has 0 aliphatic carbocycles. The molecule has 0 atom stereocenters. The third kappa shape index (κ3) is 2.34. The van der Waals surface area contributed by atoms with Crippen molar-refractivity contribution < 1.29 is 9.90 Å². The minimum atomic E-state index is -0.813. The normalized spacial score (nSPS) is 17.8. The second kappa shape index (κ2) is 4.05. The summed E-state index contributed by atoms with van der Waals surface area (Å²) in [6.45, 7) is 2.24. The van der Waals surface area contributed by atoms with Crippen LogP contribution < -0.4 is 5.73 Å². The molecule has 0 spiro atoms. The number of amides is 1. The number of benzene rings is 1. The van der Waals surface area contributed by atoms with E-state index in [2.05, 4.69) is 0 Å². The Morgan fingerprint density at radius 2 is 2.06 bits per heavy atom. The number of β-amino-alcohol motifs (C(OH)–C–C–N with tert-alkyl or cyclic N) is 1. The Morgan fingerprint density at radius 1 is 1.47 bits per heavy atom. The van der Waals surface area contributed by atoms with Crippen LogP contribution in [0.4, 0.5) is 5.69 Å². The van der Waals surface area contributed by atoms with Gasteiger partial charge in [-0.1, -0.05) is 23.2 Å². The SMILES string of the molecule is CC1(O)CN(C(=O)c2cc(N)cc(Cl)c2Cl)C1. The van der Waals surface area contributed by atoms with Gasteiger partial charge in [0.1, 0.15) is 0 Å². The summed E-state index contributed by atoms with van der Waals surface area (Å²) in [5, 5.41) is 10.0. The molecule has 1 fully saturated rings. The molecule has 6 heteroatoms.